The molecule has 2 N–H and O–H groups in total. The lowest BCUT2D eigenvalue weighted by atomic mass is 9.92. The van der Waals surface area contributed by atoms with Gasteiger partial charge in [0.1, 0.15) is 0 Å². The van der Waals surface area contributed by atoms with Crippen molar-refractivity contribution in [1.29, 1.82) is 0 Å². The van der Waals surface area contributed by atoms with Crippen molar-refractivity contribution in [2.24, 2.45) is 10.7 Å². The van der Waals surface area contributed by atoms with Crippen LogP contribution in [0.2, 0.25) is 0 Å². The standard InChI is InChI=1S/C14H27N3/c1-3-10-14(2)11-16-13(15)17(14)12-8-6-4-5-7-9-12/h12H,3-11H2,1-2H3,(H2,15,16). The fraction of sp³-hybridized carbons (Fsp3) is 0.929. The Morgan fingerprint density at radius 1 is 1.29 bits per heavy atom. The maximum atomic E-state index is 6.14. The Bertz CT molecular complexity index is 279. The smallest absolute Gasteiger partial charge is 0.192 e. The van der Waals surface area contributed by atoms with Crippen molar-refractivity contribution in [3.63, 3.8) is 0 Å². The van der Waals surface area contributed by atoms with Gasteiger partial charge >= 0.3 is 0 Å². The third-order valence-electron chi connectivity index (χ3n) is 4.39. The lowest BCUT2D eigenvalue weighted by Gasteiger charge is -2.41. The van der Waals surface area contributed by atoms with Crippen molar-refractivity contribution in [2.45, 2.75) is 76.8 Å². The van der Waals surface area contributed by atoms with Gasteiger partial charge in [-0.1, -0.05) is 39.0 Å². The molecule has 1 atom stereocenters. The van der Waals surface area contributed by atoms with E-state index in [9.17, 15) is 0 Å². The third kappa shape index (κ3) is 2.58. The van der Waals surface area contributed by atoms with Crippen molar-refractivity contribution in [3.05, 3.63) is 0 Å². The summed E-state index contributed by atoms with van der Waals surface area (Å²) in [5, 5.41) is 0. The molecule has 0 bridgehead atoms. The summed E-state index contributed by atoms with van der Waals surface area (Å²) >= 11 is 0. The van der Waals surface area contributed by atoms with Gasteiger partial charge in [-0.25, -0.2) is 0 Å². The van der Waals surface area contributed by atoms with Gasteiger partial charge in [-0.3, -0.25) is 4.99 Å². The van der Waals surface area contributed by atoms with Crippen molar-refractivity contribution >= 4 is 5.96 Å². The van der Waals surface area contributed by atoms with Crippen LogP contribution in [0.1, 0.15) is 65.2 Å². The Kier molecular flexibility index (Phi) is 3.95. The maximum absolute atomic E-state index is 6.14. The van der Waals surface area contributed by atoms with Crippen LogP contribution >= 0.6 is 0 Å². The van der Waals surface area contributed by atoms with E-state index in [2.05, 4.69) is 23.7 Å². The highest BCUT2D eigenvalue weighted by molar-refractivity contribution is 5.81. The first kappa shape index (κ1) is 12.7. The van der Waals surface area contributed by atoms with Crippen molar-refractivity contribution < 1.29 is 0 Å². The average molecular weight is 237 g/mol. The molecule has 1 heterocycles. The fourth-order valence-electron chi connectivity index (χ4n) is 3.56. The zero-order valence-corrected chi connectivity index (χ0v) is 11.4. The van der Waals surface area contributed by atoms with Crippen LogP contribution in [0, 0.1) is 0 Å². The molecular weight excluding hydrogens is 210 g/mol. The number of nitrogens with zero attached hydrogens (tertiary/aromatic N) is 2. The molecule has 1 fully saturated rings. The Morgan fingerprint density at radius 3 is 2.53 bits per heavy atom. The zero-order chi connectivity index (χ0) is 12.3. The van der Waals surface area contributed by atoms with Gasteiger partial charge in [0, 0.05) is 6.04 Å². The summed E-state index contributed by atoms with van der Waals surface area (Å²) in [6, 6.07) is 0.639. The molecule has 0 amide bonds. The second kappa shape index (κ2) is 5.28. The number of hydrogen-bond donors (Lipinski definition) is 1. The number of guanidine groups is 1. The topological polar surface area (TPSA) is 41.6 Å². The minimum absolute atomic E-state index is 0.188. The third-order valence-corrected chi connectivity index (χ3v) is 4.39. The lowest BCUT2D eigenvalue weighted by Crippen LogP contribution is -2.54. The van der Waals surface area contributed by atoms with E-state index in [4.69, 9.17) is 5.73 Å². The van der Waals surface area contributed by atoms with Crippen LogP contribution in [0.15, 0.2) is 4.99 Å². The molecule has 1 saturated carbocycles. The van der Waals surface area contributed by atoms with Crippen molar-refractivity contribution in [3.8, 4) is 0 Å². The van der Waals surface area contributed by atoms with E-state index in [0.29, 0.717) is 6.04 Å². The van der Waals surface area contributed by atoms with Crippen LogP contribution in [0.4, 0.5) is 0 Å². The predicted molar refractivity (Wildman–Crippen MR) is 73.1 cm³/mol. The Labute approximate surface area is 105 Å². The van der Waals surface area contributed by atoms with Crippen LogP contribution in [0.25, 0.3) is 0 Å². The Balaban J connectivity index is 2.11. The monoisotopic (exact) mass is 237 g/mol. The van der Waals surface area contributed by atoms with E-state index in [1.165, 1.54) is 51.4 Å². The maximum Gasteiger partial charge on any atom is 0.192 e. The summed E-state index contributed by atoms with van der Waals surface area (Å²) in [4.78, 5) is 6.98. The molecule has 0 saturated heterocycles. The van der Waals surface area contributed by atoms with E-state index < -0.39 is 0 Å². The van der Waals surface area contributed by atoms with E-state index in [1.807, 2.05) is 0 Å². The number of aliphatic imine (C=N–C) groups is 1. The Hall–Kier alpha value is -0.730. The molecule has 17 heavy (non-hydrogen) atoms. The second-order valence-electron chi connectivity index (χ2n) is 5.94. The highest BCUT2D eigenvalue weighted by Crippen LogP contribution is 2.33. The van der Waals surface area contributed by atoms with E-state index in [-0.39, 0.29) is 5.54 Å². The molecule has 0 aromatic heterocycles. The van der Waals surface area contributed by atoms with Crippen molar-refractivity contribution in [1.82, 2.24) is 4.90 Å². The number of nitrogens with two attached hydrogens (primary N) is 1. The molecule has 0 spiro atoms. The van der Waals surface area contributed by atoms with Gasteiger partial charge in [0.2, 0.25) is 0 Å². The summed E-state index contributed by atoms with van der Waals surface area (Å²) in [6.07, 6.45) is 10.5. The van der Waals surface area contributed by atoms with Gasteiger partial charge < -0.3 is 10.6 Å². The van der Waals surface area contributed by atoms with Crippen LogP contribution in [0.5, 0.6) is 0 Å². The quantitative estimate of drug-likeness (QED) is 0.767. The van der Waals surface area contributed by atoms with Gasteiger partial charge in [0.15, 0.2) is 5.96 Å². The molecule has 1 aliphatic carbocycles. The number of rotatable bonds is 3. The average Bonchev–Trinajstić information content (AvgIpc) is 2.51. The molecule has 1 aliphatic heterocycles. The molecular formula is C14H27N3. The lowest BCUT2D eigenvalue weighted by molar-refractivity contribution is 0.141. The zero-order valence-electron chi connectivity index (χ0n) is 11.4. The van der Waals surface area contributed by atoms with Crippen LogP contribution < -0.4 is 5.73 Å². The Morgan fingerprint density at radius 2 is 1.94 bits per heavy atom. The van der Waals surface area contributed by atoms with E-state index in [0.717, 1.165) is 12.5 Å². The van der Waals surface area contributed by atoms with Gasteiger partial charge in [-0.2, -0.15) is 0 Å². The van der Waals surface area contributed by atoms with Crippen LogP contribution in [0.3, 0.4) is 0 Å². The minimum Gasteiger partial charge on any atom is -0.370 e. The van der Waals surface area contributed by atoms with Gasteiger partial charge in [0.05, 0.1) is 12.1 Å². The van der Waals surface area contributed by atoms with E-state index in [1.54, 1.807) is 0 Å². The van der Waals surface area contributed by atoms with Gasteiger partial charge in [-0.05, 0) is 26.2 Å². The molecule has 0 aromatic carbocycles. The molecule has 0 radical (unpaired) electrons. The molecule has 3 nitrogen and oxygen atoms in total. The summed E-state index contributed by atoms with van der Waals surface area (Å²) < 4.78 is 0. The van der Waals surface area contributed by atoms with Crippen LogP contribution in [-0.2, 0) is 0 Å². The molecule has 0 aromatic rings. The first-order valence-corrected chi connectivity index (χ1v) is 7.26. The summed E-state index contributed by atoms with van der Waals surface area (Å²) in [7, 11) is 0. The van der Waals surface area contributed by atoms with Crippen LogP contribution in [-0.4, -0.2) is 29.0 Å². The molecule has 2 rings (SSSR count). The van der Waals surface area contributed by atoms with Gasteiger partial charge in [-0.15, -0.1) is 0 Å². The summed E-state index contributed by atoms with van der Waals surface area (Å²) in [6.45, 7) is 5.49. The van der Waals surface area contributed by atoms with Gasteiger partial charge in [0.25, 0.3) is 0 Å². The highest BCUT2D eigenvalue weighted by Gasteiger charge is 2.40. The minimum atomic E-state index is 0.188. The predicted octanol–water partition coefficient (Wildman–Crippen LogP) is 2.90. The van der Waals surface area contributed by atoms with Crippen molar-refractivity contribution in [2.75, 3.05) is 6.54 Å². The molecule has 1 unspecified atom stereocenters. The second-order valence-corrected chi connectivity index (χ2v) is 5.94. The summed E-state index contributed by atoms with van der Waals surface area (Å²) in [5.41, 5.74) is 6.33. The first-order valence-electron chi connectivity index (χ1n) is 7.26. The fourth-order valence-corrected chi connectivity index (χ4v) is 3.56. The van der Waals surface area contributed by atoms with E-state index >= 15 is 0 Å². The molecule has 3 heteroatoms. The first-order chi connectivity index (χ1) is 8.17. The summed E-state index contributed by atoms with van der Waals surface area (Å²) in [5.74, 6) is 0.799. The SMILES string of the molecule is CCCC1(C)CN=C(N)N1C1CCCCCC1. The highest BCUT2D eigenvalue weighted by atomic mass is 15.4. The number of hydrogen-bond acceptors (Lipinski definition) is 3. The largest absolute Gasteiger partial charge is 0.370 e. The molecule has 2 aliphatic rings. The normalized spacial score (nSPS) is 31.4. The molecule has 98 valence electrons.